The molecule has 0 aromatic carbocycles. The summed E-state index contributed by atoms with van der Waals surface area (Å²) in [6, 6.07) is 0. The molecule has 0 N–H and O–H groups in total. The van der Waals surface area contributed by atoms with E-state index in [0.717, 1.165) is 5.92 Å². The van der Waals surface area contributed by atoms with Crippen LogP contribution in [-0.4, -0.2) is 5.25 Å². The first-order valence-corrected chi connectivity index (χ1v) is 5.46. The fourth-order valence-corrected chi connectivity index (χ4v) is 2.19. The quantitative estimate of drug-likeness (QED) is 0.603. The van der Waals surface area contributed by atoms with E-state index < -0.39 is 0 Å². The summed E-state index contributed by atoms with van der Waals surface area (Å²) in [7, 11) is 0. The highest BCUT2D eigenvalue weighted by molar-refractivity contribution is 7.80. The minimum atomic E-state index is 0.605. The fourth-order valence-electron chi connectivity index (χ4n) is 1.91. The van der Waals surface area contributed by atoms with Gasteiger partial charge >= 0.3 is 0 Å². The summed E-state index contributed by atoms with van der Waals surface area (Å²) in [5.41, 5.74) is 0. The van der Waals surface area contributed by atoms with Crippen LogP contribution in [0.3, 0.4) is 0 Å². The molecule has 65 valence electrons. The van der Waals surface area contributed by atoms with Crippen LogP contribution in [0, 0.1) is 5.92 Å². The Hall–Kier alpha value is 0.350. The van der Waals surface area contributed by atoms with Crippen LogP contribution in [0.15, 0.2) is 0 Å². The molecule has 0 nitrogen and oxygen atoms in total. The molecule has 1 aliphatic carbocycles. The third kappa shape index (κ3) is 3.50. The van der Waals surface area contributed by atoms with Crippen molar-refractivity contribution in [2.24, 2.45) is 5.92 Å². The van der Waals surface area contributed by atoms with Gasteiger partial charge in [-0.1, -0.05) is 38.8 Å². The summed E-state index contributed by atoms with van der Waals surface area (Å²) in [6.45, 7) is 2.28. The molecule has 0 bridgehead atoms. The Kier molecular flexibility index (Phi) is 4.36. The van der Waals surface area contributed by atoms with Crippen molar-refractivity contribution in [2.45, 2.75) is 57.1 Å². The lowest BCUT2D eigenvalue weighted by Crippen LogP contribution is -2.14. The second kappa shape index (κ2) is 5.08. The zero-order chi connectivity index (χ0) is 8.10. The molecule has 1 fully saturated rings. The van der Waals surface area contributed by atoms with Gasteiger partial charge in [0.05, 0.1) is 0 Å². The molecule has 1 radical (unpaired) electrons. The van der Waals surface area contributed by atoms with Crippen LogP contribution in [0.5, 0.6) is 0 Å². The number of unbranched alkanes of at least 4 members (excludes halogenated alkanes) is 1. The van der Waals surface area contributed by atoms with Crippen LogP contribution in [-0.2, 0) is 0 Å². The minimum absolute atomic E-state index is 0.605. The number of hydrogen-bond acceptors (Lipinski definition) is 0. The van der Waals surface area contributed by atoms with Crippen LogP contribution in [0.4, 0.5) is 0 Å². The highest BCUT2D eigenvalue weighted by Crippen LogP contribution is 2.30. The smallest absolute Gasteiger partial charge is 0.0151 e. The average Bonchev–Trinajstić information content (AvgIpc) is 2.04. The predicted octanol–water partition coefficient (Wildman–Crippen LogP) is 3.93. The molecule has 1 aliphatic rings. The monoisotopic (exact) mass is 171 g/mol. The van der Waals surface area contributed by atoms with Gasteiger partial charge in [0, 0.05) is 5.25 Å². The largest absolute Gasteiger partial charge is 0.0904 e. The van der Waals surface area contributed by atoms with Gasteiger partial charge in [-0.05, 0) is 31.6 Å². The first kappa shape index (κ1) is 9.44. The maximum atomic E-state index is 5.25. The predicted molar refractivity (Wildman–Crippen MR) is 52.9 cm³/mol. The topological polar surface area (TPSA) is 0 Å². The SMILES string of the molecule is CCCCC1CCC([S])CC1. The maximum Gasteiger partial charge on any atom is 0.0151 e. The summed E-state index contributed by atoms with van der Waals surface area (Å²) in [5, 5.41) is 0.605. The van der Waals surface area contributed by atoms with Gasteiger partial charge in [-0.15, -0.1) is 0 Å². The third-order valence-electron chi connectivity index (χ3n) is 2.76. The Morgan fingerprint density at radius 2 is 1.82 bits per heavy atom. The molecule has 0 saturated heterocycles. The van der Waals surface area contributed by atoms with Crippen LogP contribution in [0.2, 0.25) is 0 Å². The van der Waals surface area contributed by atoms with Crippen molar-refractivity contribution in [3.05, 3.63) is 0 Å². The molecular weight excluding hydrogens is 152 g/mol. The second-order valence-corrected chi connectivity index (χ2v) is 4.45. The summed E-state index contributed by atoms with van der Waals surface area (Å²) in [6.07, 6.45) is 9.68. The number of hydrogen-bond donors (Lipinski definition) is 0. The maximum absolute atomic E-state index is 5.25. The van der Waals surface area contributed by atoms with Gasteiger partial charge in [-0.3, -0.25) is 0 Å². The average molecular weight is 171 g/mol. The molecule has 1 saturated carbocycles. The van der Waals surface area contributed by atoms with E-state index in [2.05, 4.69) is 6.92 Å². The van der Waals surface area contributed by atoms with E-state index in [0.29, 0.717) is 5.25 Å². The molecule has 1 rings (SSSR count). The van der Waals surface area contributed by atoms with Crippen molar-refractivity contribution >= 4 is 12.6 Å². The lowest BCUT2D eigenvalue weighted by atomic mass is 9.85. The molecule has 0 heterocycles. The fraction of sp³-hybridized carbons (Fsp3) is 1.00. The van der Waals surface area contributed by atoms with Gasteiger partial charge in [0.25, 0.3) is 0 Å². The summed E-state index contributed by atoms with van der Waals surface area (Å²) < 4.78 is 0. The molecule has 0 aromatic rings. The van der Waals surface area contributed by atoms with Gasteiger partial charge < -0.3 is 0 Å². The van der Waals surface area contributed by atoms with Gasteiger partial charge in [0.2, 0.25) is 0 Å². The van der Waals surface area contributed by atoms with Crippen molar-refractivity contribution in [1.29, 1.82) is 0 Å². The van der Waals surface area contributed by atoms with Crippen LogP contribution < -0.4 is 0 Å². The third-order valence-corrected chi connectivity index (χ3v) is 3.23. The van der Waals surface area contributed by atoms with Gasteiger partial charge in [-0.25, -0.2) is 0 Å². The van der Waals surface area contributed by atoms with E-state index in [4.69, 9.17) is 12.6 Å². The summed E-state index contributed by atoms with van der Waals surface area (Å²) in [4.78, 5) is 0. The van der Waals surface area contributed by atoms with E-state index in [9.17, 15) is 0 Å². The second-order valence-electron chi connectivity index (χ2n) is 3.78. The van der Waals surface area contributed by atoms with E-state index in [1.54, 1.807) is 0 Å². The van der Waals surface area contributed by atoms with Gasteiger partial charge in [0.1, 0.15) is 0 Å². The molecule has 1 heteroatoms. The Bertz CT molecular complexity index is 90.3. The Balaban J connectivity index is 2.07. The van der Waals surface area contributed by atoms with E-state index >= 15 is 0 Å². The van der Waals surface area contributed by atoms with Crippen molar-refractivity contribution in [1.82, 2.24) is 0 Å². The molecule has 0 aromatic heterocycles. The van der Waals surface area contributed by atoms with Crippen molar-refractivity contribution in [3.8, 4) is 0 Å². The Morgan fingerprint density at radius 3 is 2.36 bits per heavy atom. The zero-order valence-electron chi connectivity index (χ0n) is 7.51. The lowest BCUT2D eigenvalue weighted by Gasteiger charge is -2.24. The number of rotatable bonds is 3. The van der Waals surface area contributed by atoms with Crippen LogP contribution >= 0.6 is 12.6 Å². The van der Waals surface area contributed by atoms with Crippen molar-refractivity contribution in [2.75, 3.05) is 0 Å². The Morgan fingerprint density at radius 1 is 1.18 bits per heavy atom. The first-order valence-electron chi connectivity index (χ1n) is 4.98. The molecule has 0 spiro atoms. The zero-order valence-corrected chi connectivity index (χ0v) is 8.33. The summed E-state index contributed by atoms with van der Waals surface area (Å²) in [5.74, 6) is 1.02. The molecule has 0 aliphatic heterocycles. The molecule has 0 amide bonds. The van der Waals surface area contributed by atoms with E-state index in [1.807, 2.05) is 0 Å². The minimum Gasteiger partial charge on any atom is -0.0904 e. The highest BCUT2D eigenvalue weighted by atomic mass is 32.1. The van der Waals surface area contributed by atoms with Crippen molar-refractivity contribution < 1.29 is 0 Å². The van der Waals surface area contributed by atoms with E-state index in [1.165, 1.54) is 44.9 Å². The lowest BCUT2D eigenvalue weighted by molar-refractivity contribution is 0.338. The van der Waals surface area contributed by atoms with Crippen LogP contribution in [0.25, 0.3) is 0 Å². The van der Waals surface area contributed by atoms with Crippen LogP contribution in [0.1, 0.15) is 51.9 Å². The van der Waals surface area contributed by atoms with Gasteiger partial charge in [0.15, 0.2) is 0 Å². The standard InChI is InChI=1S/C10H19S/c1-2-3-4-9-5-7-10(11)8-6-9/h9-10H,2-8H2,1H3. The van der Waals surface area contributed by atoms with E-state index in [-0.39, 0.29) is 0 Å². The summed E-state index contributed by atoms with van der Waals surface area (Å²) >= 11 is 5.25. The highest BCUT2D eigenvalue weighted by Gasteiger charge is 2.17. The molecule has 0 unspecified atom stereocenters. The molecule has 0 atom stereocenters. The Labute approximate surface area is 76.2 Å². The molecular formula is C10H19S. The molecule has 11 heavy (non-hydrogen) atoms. The first-order chi connectivity index (χ1) is 5.33. The van der Waals surface area contributed by atoms with Crippen molar-refractivity contribution in [3.63, 3.8) is 0 Å². The normalized spacial score (nSPS) is 32.2. The van der Waals surface area contributed by atoms with Gasteiger partial charge in [-0.2, -0.15) is 0 Å².